The van der Waals surface area contributed by atoms with Crippen molar-refractivity contribution in [1.82, 2.24) is 15.2 Å². The first-order chi connectivity index (χ1) is 9.90. The van der Waals surface area contributed by atoms with Crippen molar-refractivity contribution in [1.29, 1.82) is 0 Å². The molecule has 1 aromatic carbocycles. The van der Waals surface area contributed by atoms with Gasteiger partial charge in [-0.25, -0.2) is 13.4 Å². The lowest BCUT2D eigenvalue weighted by Gasteiger charge is -2.07. The van der Waals surface area contributed by atoms with Crippen molar-refractivity contribution in [3.05, 3.63) is 46.3 Å². The SMILES string of the molecule is NC(=O)c1cccc(C(=O)NNS(=O)(=O)c2cscn2)c1. The summed E-state index contributed by atoms with van der Waals surface area (Å²) in [5, 5.41) is 1.13. The number of sulfonamides is 1. The Morgan fingerprint density at radius 3 is 2.57 bits per heavy atom. The van der Waals surface area contributed by atoms with Crippen LogP contribution < -0.4 is 16.0 Å². The molecular formula is C11H10N4O4S2. The third-order valence-corrected chi connectivity index (χ3v) is 4.27. The third kappa shape index (κ3) is 3.62. The van der Waals surface area contributed by atoms with Crippen LogP contribution in [0.25, 0.3) is 0 Å². The first kappa shape index (κ1) is 15.1. The van der Waals surface area contributed by atoms with Crippen LogP contribution in [0.15, 0.2) is 40.2 Å². The smallest absolute Gasteiger partial charge is 0.275 e. The zero-order valence-electron chi connectivity index (χ0n) is 10.4. The summed E-state index contributed by atoms with van der Waals surface area (Å²) >= 11 is 1.11. The standard InChI is InChI=1S/C11H10N4O4S2/c12-10(16)7-2-1-3-8(4-7)11(17)14-15-21(18,19)9-5-20-6-13-9/h1-6,15H,(H2,12,16)(H,14,17). The van der Waals surface area contributed by atoms with Gasteiger partial charge in [-0.2, -0.15) is 0 Å². The van der Waals surface area contributed by atoms with Gasteiger partial charge in [-0.3, -0.25) is 15.0 Å². The Bertz CT molecular complexity index is 771. The number of hydrogen-bond acceptors (Lipinski definition) is 6. The van der Waals surface area contributed by atoms with Gasteiger partial charge in [0.05, 0.1) is 5.51 Å². The minimum absolute atomic E-state index is 0.0901. The summed E-state index contributed by atoms with van der Waals surface area (Å²) in [5.74, 6) is -1.41. The lowest BCUT2D eigenvalue weighted by molar-refractivity contribution is 0.0945. The zero-order valence-corrected chi connectivity index (χ0v) is 12.1. The summed E-state index contributed by atoms with van der Waals surface area (Å²) in [4.78, 5) is 28.4. The Labute approximate surface area is 124 Å². The Balaban J connectivity index is 2.09. The number of carbonyl (C=O) groups excluding carboxylic acids is 2. The van der Waals surface area contributed by atoms with Gasteiger partial charge < -0.3 is 5.73 Å². The van der Waals surface area contributed by atoms with Gasteiger partial charge in [-0.15, -0.1) is 16.2 Å². The summed E-state index contributed by atoms with van der Waals surface area (Å²) < 4.78 is 23.5. The quantitative estimate of drug-likeness (QED) is 0.658. The van der Waals surface area contributed by atoms with Crippen molar-refractivity contribution >= 4 is 33.2 Å². The van der Waals surface area contributed by atoms with Gasteiger partial charge >= 0.3 is 0 Å². The largest absolute Gasteiger partial charge is 0.366 e. The van der Waals surface area contributed by atoms with Gasteiger partial charge in [0.2, 0.25) is 5.91 Å². The molecule has 0 aliphatic heterocycles. The number of rotatable bonds is 5. The molecule has 0 fully saturated rings. The van der Waals surface area contributed by atoms with Crippen LogP contribution in [0.4, 0.5) is 0 Å². The Morgan fingerprint density at radius 1 is 1.24 bits per heavy atom. The maximum Gasteiger partial charge on any atom is 0.275 e. The van der Waals surface area contributed by atoms with Gasteiger partial charge in [0.25, 0.3) is 15.9 Å². The number of nitrogens with one attached hydrogen (secondary N) is 2. The minimum atomic E-state index is -3.92. The van der Waals surface area contributed by atoms with Crippen molar-refractivity contribution in [3.63, 3.8) is 0 Å². The maximum absolute atomic E-state index is 11.8. The number of benzene rings is 1. The number of aromatic nitrogens is 1. The van der Waals surface area contributed by atoms with Crippen LogP contribution in [0.3, 0.4) is 0 Å². The van der Waals surface area contributed by atoms with Crippen molar-refractivity contribution < 1.29 is 18.0 Å². The molecule has 0 atom stereocenters. The van der Waals surface area contributed by atoms with E-state index in [0.717, 1.165) is 11.3 Å². The van der Waals surface area contributed by atoms with E-state index < -0.39 is 21.8 Å². The van der Waals surface area contributed by atoms with Gasteiger partial charge in [-0.05, 0) is 18.2 Å². The summed E-state index contributed by atoms with van der Waals surface area (Å²) in [6.45, 7) is 0. The van der Waals surface area contributed by atoms with E-state index in [0.29, 0.717) is 0 Å². The highest BCUT2D eigenvalue weighted by atomic mass is 32.2. The molecule has 0 spiro atoms. The summed E-state index contributed by atoms with van der Waals surface area (Å²) in [6.07, 6.45) is 0. The van der Waals surface area contributed by atoms with E-state index in [-0.39, 0.29) is 16.2 Å². The molecule has 0 bridgehead atoms. The van der Waals surface area contributed by atoms with Gasteiger partial charge in [-0.1, -0.05) is 6.07 Å². The summed E-state index contributed by atoms with van der Waals surface area (Å²) in [7, 11) is -3.92. The predicted octanol–water partition coefficient (Wildman–Crippen LogP) is -0.135. The fourth-order valence-corrected chi connectivity index (χ4v) is 3.06. The Morgan fingerprint density at radius 2 is 1.95 bits per heavy atom. The fraction of sp³-hybridized carbons (Fsp3) is 0. The molecule has 2 rings (SSSR count). The van der Waals surface area contributed by atoms with Crippen LogP contribution in [0.1, 0.15) is 20.7 Å². The summed E-state index contributed by atoms with van der Waals surface area (Å²) in [5.41, 5.74) is 8.72. The highest BCUT2D eigenvalue weighted by Crippen LogP contribution is 2.08. The molecule has 0 saturated carbocycles. The van der Waals surface area contributed by atoms with Crippen LogP contribution in [0, 0.1) is 0 Å². The second-order valence-corrected chi connectivity index (χ2v) is 6.18. The van der Waals surface area contributed by atoms with Crippen molar-refractivity contribution in [3.8, 4) is 0 Å². The second-order valence-electron chi connectivity index (χ2n) is 3.83. The molecule has 0 aliphatic carbocycles. The molecule has 1 heterocycles. The van der Waals surface area contributed by atoms with Gasteiger partial charge in [0.15, 0.2) is 5.03 Å². The number of hydrogen-bond donors (Lipinski definition) is 3. The fourth-order valence-electron chi connectivity index (χ4n) is 1.39. The van der Waals surface area contributed by atoms with E-state index in [1.807, 2.05) is 10.3 Å². The normalized spacial score (nSPS) is 11.0. The third-order valence-electron chi connectivity index (χ3n) is 2.39. The highest BCUT2D eigenvalue weighted by molar-refractivity contribution is 7.89. The topological polar surface area (TPSA) is 131 Å². The van der Waals surface area contributed by atoms with E-state index in [1.54, 1.807) is 0 Å². The van der Waals surface area contributed by atoms with Crippen LogP contribution in [-0.2, 0) is 10.0 Å². The molecule has 2 amide bonds. The highest BCUT2D eigenvalue weighted by Gasteiger charge is 2.17. The Hall–Kier alpha value is -2.30. The molecule has 2 aromatic rings. The predicted molar refractivity (Wildman–Crippen MR) is 74.9 cm³/mol. The number of amides is 2. The molecule has 110 valence electrons. The van der Waals surface area contributed by atoms with E-state index in [9.17, 15) is 18.0 Å². The van der Waals surface area contributed by atoms with Crippen molar-refractivity contribution in [2.75, 3.05) is 0 Å². The lowest BCUT2D eigenvalue weighted by atomic mass is 10.1. The molecular weight excluding hydrogens is 316 g/mol. The molecule has 10 heteroatoms. The molecule has 21 heavy (non-hydrogen) atoms. The van der Waals surface area contributed by atoms with Crippen molar-refractivity contribution in [2.24, 2.45) is 5.73 Å². The first-order valence-electron chi connectivity index (χ1n) is 5.50. The molecule has 1 aromatic heterocycles. The number of thiazole rings is 1. The van der Waals surface area contributed by atoms with Crippen LogP contribution in [-0.4, -0.2) is 25.2 Å². The number of nitrogens with two attached hydrogens (primary N) is 1. The van der Waals surface area contributed by atoms with Crippen LogP contribution in [0.2, 0.25) is 0 Å². The van der Waals surface area contributed by atoms with E-state index in [1.165, 1.54) is 35.2 Å². The summed E-state index contributed by atoms with van der Waals surface area (Å²) in [6, 6.07) is 5.58. The molecule has 4 N–H and O–H groups in total. The number of nitrogens with zero attached hydrogens (tertiary/aromatic N) is 1. The van der Waals surface area contributed by atoms with E-state index in [4.69, 9.17) is 5.73 Å². The van der Waals surface area contributed by atoms with E-state index >= 15 is 0 Å². The monoisotopic (exact) mass is 326 g/mol. The molecule has 0 unspecified atom stereocenters. The van der Waals surface area contributed by atoms with Crippen LogP contribution >= 0.6 is 11.3 Å². The molecule has 0 saturated heterocycles. The van der Waals surface area contributed by atoms with Crippen molar-refractivity contribution in [2.45, 2.75) is 5.03 Å². The number of primary amides is 1. The molecule has 8 nitrogen and oxygen atoms in total. The van der Waals surface area contributed by atoms with Gasteiger partial charge in [0.1, 0.15) is 0 Å². The first-order valence-corrected chi connectivity index (χ1v) is 7.93. The Kier molecular flexibility index (Phi) is 4.31. The number of carbonyl (C=O) groups is 2. The average molecular weight is 326 g/mol. The minimum Gasteiger partial charge on any atom is -0.366 e. The lowest BCUT2D eigenvalue weighted by Crippen LogP contribution is -2.41. The molecule has 0 radical (unpaired) electrons. The average Bonchev–Trinajstić information content (AvgIpc) is 3.00. The van der Waals surface area contributed by atoms with Gasteiger partial charge in [0, 0.05) is 16.5 Å². The van der Waals surface area contributed by atoms with E-state index in [2.05, 4.69) is 4.98 Å². The molecule has 0 aliphatic rings. The number of hydrazine groups is 1. The van der Waals surface area contributed by atoms with Crippen LogP contribution in [0.5, 0.6) is 0 Å². The second kappa shape index (κ2) is 5.99. The zero-order chi connectivity index (χ0) is 15.5. The maximum atomic E-state index is 11.8.